The summed E-state index contributed by atoms with van der Waals surface area (Å²) in [5.74, 6) is 1.18. The number of imidazole rings is 1. The summed E-state index contributed by atoms with van der Waals surface area (Å²) in [6, 6.07) is 6.86. The summed E-state index contributed by atoms with van der Waals surface area (Å²) < 4.78 is 3.32. The van der Waals surface area contributed by atoms with Gasteiger partial charge in [0.2, 0.25) is 0 Å². The van der Waals surface area contributed by atoms with Gasteiger partial charge in [0, 0.05) is 24.0 Å². The molecule has 1 atom stereocenters. The summed E-state index contributed by atoms with van der Waals surface area (Å²) >= 11 is 3.51. The van der Waals surface area contributed by atoms with Crippen molar-refractivity contribution in [3.63, 3.8) is 0 Å². The van der Waals surface area contributed by atoms with E-state index in [4.69, 9.17) is 4.98 Å². The Morgan fingerprint density at radius 3 is 3.18 bits per heavy atom. The zero-order valence-electron chi connectivity index (χ0n) is 9.91. The van der Waals surface area contributed by atoms with Crippen molar-refractivity contribution in [2.24, 2.45) is 7.05 Å². The van der Waals surface area contributed by atoms with Gasteiger partial charge in [0.1, 0.15) is 5.82 Å². The van der Waals surface area contributed by atoms with E-state index >= 15 is 0 Å². The highest BCUT2D eigenvalue weighted by atomic mass is 79.9. The van der Waals surface area contributed by atoms with Crippen LogP contribution in [0.3, 0.4) is 0 Å². The number of nitrogens with one attached hydrogen (secondary N) is 1. The summed E-state index contributed by atoms with van der Waals surface area (Å²) in [6.45, 7) is 1.15. The molecule has 3 rings (SSSR count). The van der Waals surface area contributed by atoms with Gasteiger partial charge in [-0.05, 0) is 37.6 Å². The molecule has 1 aliphatic heterocycles. The molecule has 0 spiro atoms. The van der Waals surface area contributed by atoms with Gasteiger partial charge in [-0.15, -0.1) is 0 Å². The fourth-order valence-electron chi connectivity index (χ4n) is 2.55. The van der Waals surface area contributed by atoms with Crippen molar-refractivity contribution >= 4 is 27.0 Å². The van der Waals surface area contributed by atoms with Crippen molar-refractivity contribution in [3.8, 4) is 0 Å². The SMILES string of the molecule is Cn1c(CC2CCCN2)nc2ccc(Br)cc21. The fourth-order valence-corrected chi connectivity index (χ4v) is 2.90. The molecule has 2 heterocycles. The third kappa shape index (κ3) is 2.11. The Balaban J connectivity index is 1.96. The Labute approximate surface area is 109 Å². The first-order valence-corrected chi connectivity index (χ1v) is 6.87. The van der Waals surface area contributed by atoms with E-state index < -0.39 is 0 Å². The quantitative estimate of drug-likeness (QED) is 0.923. The molecule has 0 saturated carbocycles. The summed E-state index contributed by atoms with van der Waals surface area (Å²) in [7, 11) is 2.10. The first-order chi connectivity index (χ1) is 8.24. The molecule has 1 N–H and O–H groups in total. The van der Waals surface area contributed by atoms with Crippen LogP contribution in [0.4, 0.5) is 0 Å². The molecule has 4 heteroatoms. The second kappa shape index (κ2) is 4.42. The zero-order chi connectivity index (χ0) is 11.8. The van der Waals surface area contributed by atoms with Crippen LogP contribution in [-0.4, -0.2) is 22.1 Å². The van der Waals surface area contributed by atoms with E-state index in [9.17, 15) is 0 Å². The minimum absolute atomic E-state index is 0.606. The predicted molar refractivity (Wildman–Crippen MR) is 73.1 cm³/mol. The van der Waals surface area contributed by atoms with E-state index in [1.165, 1.54) is 24.2 Å². The monoisotopic (exact) mass is 293 g/mol. The van der Waals surface area contributed by atoms with Crippen molar-refractivity contribution in [2.45, 2.75) is 25.3 Å². The highest BCUT2D eigenvalue weighted by molar-refractivity contribution is 9.10. The lowest BCUT2D eigenvalue weighted by molar-refractivity contribution is 0.575. The third-order valence-corrected chi connectivity index (χ3v) is 4.02. The lowest BCUT2D eigenvalue weighted by Gasteiger charge is -2.09. The van der Waals surface area contributed by atoms with Gasteiger partial charge in [0.15, 0.2) is 0 Å². The topological polar surface area (TPSA) is 29.9 Å². The second-order valence-electron chi connectivity index (χ2n) is 4.72. The van der Waals surface area contributed by atoms with Crippen molar-refractivity contribution in [1.82, 2.24) is 14.9 Å². The number of nitrogens with zero attached hydrogens (tertiary/aromatic N) is 2. The molecule has 2 aromatic rings. The predicted octanol–water partition coefficient (Wildman–Crippen LogP) is 2.63. The number of benzene rings is 1. The van der Waals surface area contributed by atoms with Crippen LogP contribution in [0.2, 0.25) is 0 Å². The number of hydrogen-bond acceptors (Lipinski definition) is 2. The molecule has 0 bridgehead atoms. The van der Waals surface area contributed by atoms with Crippen LogP contribution in [0.5, 0.6) is 0 Å². The summed E-state index contributed by atoms with van der Waals surface area (Å²) in [4.78, 5) is 4.72. The van der Waals surface area contributed by atoms with E-state index in [1.807, 2.05) is 6.07 Å². The van der Waals surface area contributed by atoms with Crippen LogP contribution in [0.15, 0.2) is 22.7 Å². The van der Waals surface area contributed by atoms with Crippen molar-refractivity contribution in [1.29, 1.82) is 0 Å². The normalized spacial score (nSPS) is 20.2. The molecule has 0 amide bonds. The maximum Gasteiger partial charge on any atom is 0.111 e. The molecule has 17 heavy (non-hydrogen) atoms. The molecule has 3 nitrogen and oxygen atoms in total. The first kappa shape index (κ1) is 11.2. The highest BCUT2D eigenvalue weighted by Crippen LogP contribution is 2.21. The van der Waals surface area contributed by atoms with E-state index in [1.54, 1.807) is 0 Å². The maximum absolute atomic E-state index is 4.72. The lowest BCUT2D eigenvalue weighted by atomic mass is 10.1. The number of hydrogen-bond donors (Lipinski definition) is 1. The molecule has 1 saturated heterocycles. The minimum Gasteiger partial charge on any atom is -0.331 e. The number of fused-ring (bicyclic) bond motifs is 1. The number of halogens is 1. The Kier molecular flexibility index (Phi) is 2.92. The Morgan fingerprint density at radius 2 is 2.41 bits per heavy atom. The number of aryl methyl sites for hydroxylation is 1. The molecular weight excluding hydrogens is 278 g/mol. The van der Waals surface area contributed by atoms with Gasteiger partial charge in [-0.3, -0.25) is 0 Å². The second-order valence-corrected chi connectivity index (χ2v) is 5.63. The first-order valence-electron chi connectivity index (χ1n) is 6.08. The standard InChI is InChI=1S/C13H16BrN3/c1-17-12-7-9(14)4-5-11(12)16-13(17)8-10-3-2-6-15-10/h4-5,7,10,15H,2-3,6,8H2,1H3. The van der Waals surface area contributed by atoms with Gasteiger partial charge >= 0.3 is 0 Å². The van der Waals surface area contributed by atoms with E-state index in [-0.39, 0.29) is 0 Å². The Hall–Kier alpha value is -0.870. The average molecular weight is 294 g/mol. The summed E-state index contributed by atoms with van der Waals surface area (Å²) in [5, 5.41) is 3.53. The smallest absolute Gasteiger partial charge is 0.111 e. The fraction of sp³-hybridized carbons (Fsp3) is 0.462. The van der Waals surface area contributed by atoms with Crippen LogP contribution in [-0.2, 0) is 13.5 Å². The Morgan fingerprint density at radius 1 is 1.53 bits per heavy atom. The number of rotatable bonds is 2. The van der Waals surface area contributed by atoms with E-state index in [0.717, 1.165) is 23.0 Å². The van der Waals surface area contributed by atoms with Gasteiger partial charge < -0.3 is 9.88 Å². The molecule has 1 aromatic carbocycles. The molecule has 1 unspecified atom stereocenters. The largest absolute Gasteiger partial charge is 0.331 e. The number of aromatic nitrogens is 2. The van der Waals surface area contributed by atoms with Gasteiger partial charge in [-0.1, -0.05) is 15.9 Å². The van der Waals surface area contributed by atoms with Crippen LogP contribution < -0.4 is 5.32 Å². The van der Waals surface area contributed by atoms with Crippen molar-refractivity contribution in [2.75, 3.05) is 6.54 Å². The van der Waals surface area contributed by atoms with Gasteiger partial charge in [0.05, 0.1) is 11.0 Å². The molecule has 1 aromatic heterocycles. The zero-order valence-corrected chi connectivity index (χ0v) is 11.5. The maximum atomic E-state index is 4.72. The molecule has 1 fully saturated rings. The summed E-state index contributed by atoms with van der Waals surface area (Å²) in [5.41, 5.74) is 2.29. The van der Waals surface area contributed by atoms with Crippen LogP contribution in [0.25, 0.3) is 11.0 Å². The average Bonchev–Trinajstić information content (AvgIpc) is 2.91. The molecule has 0 aliphatic carbocycles. The van der Waals surface area contributed by atoms with Crippen molar-refractivity contribution < 1.29 is 0 Å². The van der Waals surface area contributed by atoms with Gasteiger partial charge in [0.25, 0.3) is 0 Å². The molecule has 0 radical (unpaired) electrons. The Bertz CT molecular complexity index is 541. The summed E-state index contributed by atoms with van der Waals surface area (Å²) in [6.07, 6.45) is 3.59. The highest BCUT2D eigenvalue weighted by Gasteiger charge is 2.17. The molecule has 1 aliphatic rings. The molecular formula is C13H16BrN3. The van der Waals surface area contributed by atoms with Gasteiger partial charge in [-0.25, -0.2) is 4.98 Å². The van der Waals surface area contributed by atoms with Gasteiger partial charge in [-0.2, -0.15) is 0 Å². The molecule has 90 valence electrons. The van der Waals surface area contributed by atoms with Crippen molar-refractivity contribution in [3.05, 3.63) is 28.5 Å². The van der Waals surface area contributed by atoms with Crippen LogP contribution in [0.1, 0.15) is 18.7 Å². The van der Waals surface area contributed by atoms with Crippen LogP contribution >= 0.6 is 15.9 Å². The van der Waals surface area contributed by atoms with E-state index in [0.29, 0.717) is 6.04 Å². The van der Waals surface area contributed by atoms with Crippen LogP contribution in [0, 0.1) is 0 Å². The third-order valence-electron chi connectivity index (χ3n) is 3.53. The lowest BCUT2D eigenvalue weighted by Crippen LogP contribution is -2.25. The van der Waals surface area contributed by atoms with E-state index in [2.05, 4.69) is 45.0 Å². The minimum atomic E-state index is 0.606.